The summed E-state index contributed by atoms with van der Waals surface area (Å²) < 4.78 is 0. The van der Waals surface area contributed by atoms with Crippen molar-refractivity contribution < 1.29 is 0 Å². The summed E-state index contributed by atoms with van der Waals surface area (Å²) in [6, 6.07) is 0.813. The standard InChI is InChI=1S/C17H27N/c1-18(17-7-3-2-4-8-17)11-5-6-15-12-14-9-10-16(15)13-14/h14-17H,2-4,7-13H2,1H3/t14-,15-,16+/m1/s1. The van der Waals surface area contributed by atoms with Crippen LogP contribution in [0.25, 0.3) is 0 Å². The molecule has 0 spiro atoms. The molecule has 1 nitrogen and oxygen atoms in total. The van der Waals surface area contributed by atoms with E-state index in [1.165, 1.54) is 57.8 Å². The Morgan fingerprint density at radius 3 is 2.50 bits per heavy atom. The summed E-state index contributed by atoms with van der Waals surface area (Å²) in [5.74, 6) is 9.82. The molecule has 18 heavy (non-hydrogen) atoms. The second-order valence-electron chi connectivity index (χ2n) is 6.81. The van der Waals surface area contributed by atoms with E-state index >= 15 is 0 Å². The normalized spacial score (nSPS) is 35.8. The van der Waals surface area contributed by atoms with Gasteiger partial charge in [-0.2, -0.15) is 0 Å². The van der Waals surface area contributed by atoms with Crippen molar-refractivity contribution in [2.45, 2.75) is 63.8 Å². The first-order chi connectivity index (χ1) is 8.83. The minimum absolute atomic E-state index is 0.753. The third kappa shape index (κ3) is 2.75. The number of hydrogen-bond acceptors (Lipinski definition) is 1. The summed E-state index contributed by atoms with van der Waals surface area (Å²) in [4.78, 5) is 2.50. The van der Waals surface area contributed by atoms with E-state index < -0.39 is 0 Å². The molecule has 0 heterocycles. The lowest BCUT2D eigenvalue weighted by atomic mass is 9.89. The Hall–Kier alpha value is -0.480. The van der Waals surface area contributed by atoms with E-state index in [-0.39, 0.29) is 0 Å². The third-order valence-corrected chi connectivity index (χ3v) is 5.55. The fourth-order valence-corrected chi connectivity index (χ4v) is 4.37. The van der Waals surface area contributed by atoms with Crippen molar-refractivity contribution in [3.05, 3.63) is 0 Å². The van der Waals surface area contributed by atoms with Gasteiger partial charge in [-0.05, 0) is 51.0 Å². The van der Waals surface area contributed by atoms with Crippen molar-refractivity contribution >= 4 is 0 Å². The molecule has 0 saturated heterocycles. The number of hydrogen-bond donors (Lipinski definition) is 0. The molecule has 0 unspecified atom stereocenters. The molecule has 3 aliphatic carbocycles. The molecule has 0 N–H and O–H groups in total. The predicted molar refractivity (Wildman–Crippen MR) is 76.2 cm³/mol. The van der Waals surface area contributed by atoms with Crippen LogP contribution >= 0.6 is 0 Å². The molecule has 0 aromatic carbocycles. The zero-order chi connectivity index (χ0) is 12.4. The van der Waals surface area contributed by atoms with Crippen LogP contribution in [0.5, 0.6) is 0 Å². The highest BCUT2D eigenvalue weighted by atomic mass is 15.1. The van der Waals surface area contributed by atoms with Crippen LogP contribution in [0.15, 0.2) is 0 Å². The van der Waals surface area contributed by atoms with Crippen LogP contribution < -0.4 is 0 Å². The monoisotopic (exact) mass is 245 g/mol. The average Bonchev–Trinajstić information content (AvgIpc) is 3.02. The van der Waals surface area contributed by atoms with Gasteiger partial charge in [0.1, 0.15) is 0 Å². The summed E-state index contributed by atoms with van der Waals surface area (Å²) in [5, 5.41) is 0. The van der Waals surface area contributed by atoms with E-state index in [2.05, 4.69) is 23.8 Å². The first-order valence-electron chi connectivity index (χ1n) is 8.01. The number of fused-ring (bicyclic) bond motifs is 2. The van der Waals surface area contributed by atoms with Crippen molar-refractivity contribution in [2.75, 3.05) is 13.6 Å². The largest absolute Gasteiger partial charge is 0.292 e. The van der Waals surface area contributed by atoms with Crippen molar-refractivity contribution in [3.8, 4) is 11.8 Å². The Morgan fingerprint density at radius 1 is 1.00 bits per heavy atom. The minimum Gasteiger partial charge on any atom is -0.292 e. The predicted octanol–water partition coefficient (Wildman–Crippen LogP) is 3.69. The number of rotatable bonds is 2. The Kier molecular flexibility index (Phi) is 3.94. The molecular weight excluding hydrogens is 218 g/mol. The summed E-state index contributed by atoms with van der Waals surface area (Å²) in [7, 11) is 2.27. The first-order valence-corrected chi connectivity index (χ1v) is 8.01. The number of nitrogens with zero attached hydrogens (tertiary/aromatic N) is 1. The van der Waals surface area contributed by atoms with Gasteiger partial charge in [0.25, 0.3) is 0 Å². The quantitative estimate of drug-likeness (QED) is 0.671. The zero-order valence-electron chi connectivity index (χ0n) is 11.8. The molecule has 0 aromatic rings. The van der Waals surface area contributed by atoms with Gasteiger partial charge in [-0.25, -0.2) is 0 Å². The molecule has 0 amide bonds. The van der Waals surface area contributed by atoms with Crippen LogP contribution in [0.4, 0.5) is 0 Å². The Labute approximate surface area is 112 Å². The van der Waals surface area contributed by atoms with Gasteiger partial charge >= 0.3 is 0 Å². The maximum atomic E-state index is 3.59. The fourth-order valence-electron chi connectivity index (χ4n) is 4.37. The molecular formula is C17H27N. The fraction of sp³-hybridized carbons (Fsp3) is 0.882. The van der Waals surface area contributed by atoms with Crippen LogP contribution in [-0.4, -0.2) is 24.5 Å². The molecule has 1 heteroatoms. The van der Waals surface area contributed by atoms with Crippen molar-refractivity contribution in [2.24, 2.45) is 17.8 Å². The topological polar surface area (TPSA) is 3.24 Å². The van der Waals surface area contributed by atoms with Gasteiger partial charge in [0, 0.05) is 12.0 Å². The molecule has 3 rings (SSSR count). The van der Waals surface area contributed by atoms with Crippen LogP contribution in [0, 0.1) is 29.6 Å². The molecule has 0 aliphatic heterocycles. The van der Waals surface area contributed by atoms with E-state index in [0.717, 1.165) is 30.3 Å². The molecule has 3 saturated carbocycles. The average molecular weight is 245 g/mol. The summed E-state index contributed by atoms with van der Waals surface area (Å²) in [5.41, 5.74) is 0. The maximum Gasteiger partial charge on any atom is 0.0601 e. The zero-order valence-corrected chi connectivity index (χ0v) is 11.8. The summed E-state index contributed by atoms with van der Waals surface area (Å²) >= 11 is 0. The molecule has 0 radical (unpaired) electrons. The molecule has 0 aromatic heterocycles. The van der Waals surface area contributed by atoms with Crippen LogP contribution in [0.3, 0.4) is 0 Å². The van der Waals surface area contributed by atoms with Gasteiger partial charge < -0.3 is 0 Å². The highest BCUT2D eigenvalue weighted by Crippen LogP contribution is 2.47. The van der Waals surface area contributed by atoms with Gasteiger partial charge in [-0.3, -0.25) is 4.90 Å². The van der Waals surface area contributed by atoms with Crippen molar-refractivity contribution in [1.82, 2.24) is 4.90 Å². The smallest absolute Gasteiger partial charge is 0.0601 e. The van der Waals surface area contributed by atoms with E-state index in [1.54, 1.807) is 0 Å². The Balaban J connectivity index is 1.46. The van der Waals surface area contributed by atoms with Gasteiger partial charge in [0.2, 0.25) is 0 Å². The van der Waals surface area contributed by atoms with E-state index in [4.69, 9.17) is 0 Å². The molecule has 3 fully saturated rings. The summed E-state index contributed by atoms with van der Waals surface area (Å²) in [6.45, 7) is 0.999. The second kappa shape index (κ2) is 5.66. The van der Waals surface area contributed by atoms with Crippen LogP contribution in [-0.2, 0) is 0 Å². The molecule has 3 atom stereocenters. The molecule has 2 bridgehead atoms. The Morgan fingerprint density at radius 2 is 1.83 bits per heavy atom. The highest BCUT2D eigenvalue weighted by molar-refractivity contribution is 5.11. The van der Waals surface area contributed by atoms with Gasteiger partial charge in [0.15, 0.2) is 0 Å². The molecule has 100 valence electrons. The molecule has 3 aliphatic rings. The van der Waals surface area contributed by atoms with E-state index in [1.807, 2.05) is 0 Å². The Bertz CT molecular complexity index is 331. The summed E-state index contributed by atoms with van der Waals surface area (Å²) in [6.07, 6.45) is 12.9. The van der Waals surface area contributed by atoms with Gasteiger partial charge in [-0.1, -0.05) is 37.5 Å². The second-order valence-corrected chi connectivity index (χ2v) is 6.81. The van der Waals surface area contributed by atoms with Crippen molar-refractivity contribution in [1.29, 1.82) is 0 Å². The lowest BCUT2D eigenvalue weighted by molar-refractivity contribution is 0.212. The van der Waals surface area contributed by atoms with Gasteiger partial charge in [-0.15, -0.1) is 0 Å². The third-order valence-electron chi connectivity index (χ3n) is 5.55. The lowest BCUT2D eigenvalue weighted by Crippen LogP contribution is -2.33. The first kappa shape index (κ1) is 12.5. The van der Waals surface area contributed by atoms with Gasteiger partial charge in [0.05, 0.1) is 6.54 Å². The van der Waals surface area contributed by atoms with Crippen LogP contribution in [0.1, 0.15) is 57.8 Å². The lowest BCUT2D eigenvalue weighted by Gasteiger charge is -2.29. The minimum atomic E-state index is 0.753. The van der Waals surface area contributed by atoms with Crippen LogP contribution in [0.2, 0.25) is 0 Å². The van der Waals surface area contributed by atoms with Crippen molar-refractivity contribution in [3.63, 3.8) is 0 Å². The SMILES string of the molecule is CN(CC#C[C@@H]1C[C@H]2CC[C@H]1C2)C1CCCCC1. The van der Waals surface area contributed by atoms with E-state index in [9.17, 15) is 0 Å². The maximum absolute atomic E-state index is 3.59. The van der Waals surface area contributed by atoms with E-state index in [0.29, 0.717) is 0 Å². The highest BCUT2D eigenvalue weighted by Gasteiger charge is 2.38.